The summed E-state index contributed by atoms with van der Waals surface area (Å²) in [6.07, 6.45) is 0.250. The van der Waals surface area contributed by atoms with Gasteiger partial charge >= 0.3 is 11.8 Å². The van der Waals surface area contributed by atoms with Crippen LogP contribution in [0, 0.1) is 0 Å². The van der Waals surface area contributed by atoms with Crippen LogP contribution < -0.4 is 15.4 Å². The molecule has 2 N–H and O–H groups in total. The second-order valence-corrected chi connectivity index (χ2v) is 9.86. The number of rotatable bonds is 8. The zero-order valence-electron chi connectivity index (χ0n) is 17.1. The summed E-state index contributed by atoms with van der Waals surface area (Å²) in [5.74, 6) is -0.874. The highest BCUT2D eigenvalue weighted by Gasteiger charge is 2.35. The van der Waals surface area contributed by atoms with Crippen molar-refractivity contribution in [3.8, 4) is 5.75 Å². The van der Waals surface area contributed by atoms with Crippen LogP contribution in [0.3, 0.4) is 0 Å². The first-order valence-electron chi connectivity index (χ1n) is 9.77. The van der Waals surface area contributed by atoms with Crippen molar-refractivity contribution in [2.45, 2.75) is 23.3 Å². The maximum absolute atomic E-state index is 12.8. The van der Waals surface area contributed by atoms with Gasteiger partial charge in [-0.15, -0.1) is 11.3 Å². The van der Waals surface area contributed by atoms with Crippen molar-refractivity contribution in [3.63, 3.8) is 0 Å². The first-order chi connectivity index (χ1) is 14.9. The Balaban J connectivity index is 1.48. The molecule has 1 fully saturated rings. The minimum atomic E-state index is -3.72. The summed E-state index contributed by atoms with van der Waals surface area (Å²) in [6.45, 7) is 0.840. The second kappa shape index (κ2) is 10.7. The van der Waals surface area contributed by atoms with Crippen molar-refractivity contribution in [2.24, 2.45) is 0 Å². The lowest BCUT2D eigenvalue weighted by Crippen LogP contribution is -2.53. The number of hydrogen-bond acceptors (Lipinski definition) is 7. The summed E-state index contributed by atoms with van der Waals surface area (Å²) in [7, 11) is -2.13. The number of nitrogens with zero attached hydrogens (tertiary/aromatic N) is 1. The Labute approximate surface area is 185 Å². The van der Waals surface area contributed by atoms with Crippen LogP contribution in [-0.4, -0.2) is 64.1 Å². The first-order valence-corrected chi connectivity index (χ1v) is 12.1. The molecule has 0 spiro atoms. The van der Waals surface area contributed by atoms with Gasteiger partial charge in [0.1, 0.15) is 16.2 Å². The Bertz CT molecular complexity index is 977. The molecule has 11 heteroatoms. The normalized spacial score (nSPS) is 17.1. The molecule has 168 valence electrons. The number of benzene rings is 1. The third kappa shape index (κ3) is 6.03. The number of amides is 2. The lowest BCUT2D eigenvalue weighted by atomic mass is 10.1. The van der Waals surface area contributed by atoms with Gasteiger partial charge in [0.15, 0.2) is 0 Å². The first kappa shape index (κ1) is 23.2. The van der Waals surface area contributed by atoms with Crippen molar-refractivity contribution >= 4 is 33.2 Å². The molecule has 31 heavy (non-hydrogen) atoms. The van der Waals surface area contributed by atoms with Crippen LogP contribution in [0.1, 0.15) is 12.0 Å². The number of nitrogens with one attached hydrogen (secondary N) is 2. The predicted octanol–water partition coefficient (Wildman–Crippen LogP) is 0.969. The maximum atomic E-state index is 12.8. The SMILES string of the molecule is COc1ccc(CCNC(=O)C(=O)NC[C@@H]2OCCCN2S(=O)(=O)c2cccs2)cc1. The highest BCUT2D eigenvalue weighted by atomic mass is 32.2. The van der Waals surface area contributed by atoms with Gasteiger partial charge < -0.3 is 20.1 Å². The second-order valence-electron chi connectivity index (χ2n) is 6.79. The topological polar surface area (TPSA) is 114 Å². The van der Waals surface area contributed by atoms with Crippen LogP contribution in [0.5, 0.6) is 5.75 Å². The fraction of sp³-hybridized carbons (Fsp3) is 0.400. The standard InChI is InChI=1S/C20H25N3O6S2/c1-28-16-7-5-15(6-8-16)9-10-21-19(24)20(25)22-14-17-23(11-3-12-29-17)31(26,27)18-4-2-13-30-18/h2,4-8,13,17H,3,9-12,14H2,1H3,(H,21,24)(H,22,25)/t17-/m0/s1. The Morgan fingerprint density at radius 2 is 1.94 bits per heavy atom. The highest BCUT2D eigenvalue weighted by molar-refractivity contribution is 7.91. The van der Waals surface area contributed by atoms with Gasteiger partial charge in [0.25, 0.3) is 10.0 Å². The molecule has 1 aromatic carbocycles. The van der Waals surface area contributed by atoms with Crippen LogP contribution in [0.2, 0.25) is 0 Å². The van der Waals surface area contributed by atoms with E-state index in [-0.39, 0.29) is 23.8 Å². The van der Waals surface area contributed by atoms with E-state index in [0.717, 1.165) is 22.6 Å². The van der Waals surface area contributed by atoms with Crippen molar-refractivity contribution < 1.29 is 27.5 Å². The van der Waals surface area contributed by atoms with E-state index < -0.39 is 28.1 Å². The van der Waals surface area contributed by atoms with Gasteiger partial charge in [-0.2, -0.15) is 4.31 Å². The van der Waals surface area contributed by atoms with E-state index in [0.29, 0.717) is 19.4 Å². The third-order valence-electron chi connectivity index (χ3n) is 4.71. The average Bonchev–Trinajstić information content (AvgIpc) is 3.34. The molecule has 2 heterocycles. The number of sulfonamides is 1. The van der Waals surface area contributed by atoms with E-state index in [2.05, 4.69) is 10.6 Å². The molecule has 0 bridgehead atoms. The third-order valence-corrected chi connectivity index (χ3v) is 7.98. The monoisotopic (exact) mass is 467 g/mol. The molecule has 0 unspecified atom stereocenters. The van der Waals surface area contributed by atoms with Gasteiger partial charge in [-0.3, -0.25) is 9.59 Å². The fourth-order valence-corrected chi connectivity index (χ4v) is 5.77. The van der Waals surface area contributed by atoms with E-state index in [4.69, 9.17) is 9.47 Å². The van der Waals surface area contributed by atoms with E-state index in [9.17, 15) is 18.0 Å². The molecule has 1 saturated heterocycles. The molecule has 0 saturated carbocycles. The molecule has 1 atom stereocenters. The summed E-state index contributed by atoms with van der Waals surface area (Å²) in [5, 5.41) is 6.71. The van der Waals surface area contributed by atoms with Crippen molar-refractivity contribution in [3.05, 3.63) is 47.3 Å². The van der Waals surface area contributed by atoms with E-state index in [1.807, 2.05) is 24.3 Å². The number of hydrogen-bond donors (Lipinski definition) is 2. The Morgan fingerprint density at radius 1 is 1.19 bits per heavy atom. The minimum Gasteiger partial charge on any atom is -0.497 e. The molecule has 2 amide bonds. The quantitative estimate of drug-likeness (QED) is 0.559. The van der Waals surface area contributed by atoms with E-state index in [1.54, 1.807) is 18.6 Å². The molecule has 3 rings (SSSR count). The van der Waals surface area contributed by atoms with Crippen LogP contribution in [0.25, 0.3) is 0 Å². The number of ether oxygens (including phenoxy) is 2. The molecule has 0 aliphatic carbocycles. The molecular formula is C20H25N3O6S2. The van der Waals surface area contributed by atoms with Gasteiger partial charge in [0.2, 0.25) is 0 Å². The summed E-state index contributed by atoms with van der Waals surface area (Å²) in [4.78, 5) is 24.2. The molecule has 9 nitrogen and oxygen atoms in total. The Morgan fingerprint density at radius 3 is 2.61 bits per heavy atom. The largest absolute Gasteiger partial charge is 0.497 e. The Hall–Kier alpha value is -2.47. The van der Waals surface area contributed by atoms with Crippen LogP contribution >= 0.6 is 11.3 Å². The van der Waals surface area contributed by atoms with Gasteiger partial charge in [-0.05, 0) is 42.0 Å². The van der Waals surface area contributed by atoms with Gasteiger partial charge in [0.05, 0.1) is 20.3 Å². The van der Waals surface area contributed by atoms with Crippen LogP contribution in [0.15, 0.2) is 46.0 Å². The fourth-order valence-electron chi connectivity index (χ4n) is 3.08. The van der Waals surface area contributed by atoms with Crippen molar-refractivity contribution in [1.29, 1.82) is 0 Å². The zero-order valence-corrected chi connectivity index (χ0v) is 18.7. The van der Waals surface area contributed by atoms with Gasteiger partial charge in [-0.25, -0.2) is 8.42 Å². The molecule has 1 aromatic heterocycles. The predicted molar refractivity (Wildman–Crippen MR) is 115 cm³/mol. The number of carbonyl (C=O) groups is 2. The average molecular weight is 468 g/mol. The molecule has 2 aromatic rings. The highest BCUT2D eigenvalue weighted by Crippen LogP contribution is 2.25. The molecular weight excluding hydrogens is 442 g/mol. The summed E-state index contributed by atoms with van der Waals surface area (Å²) in [6, 6.07) is 10.6. The zero-order chi connectivity index (χ0) is 22.3. The number of thiophene rings is 1. The van der Waals surface area contributed by atoms with Crippen LogP contribution in [-0.2, 0) is 30.8 Å². The number of methoxy groups -OCH3 is 1. The lowest BCUT2D eigenvalue weighted by molar-refractivity contribution is -0.140. The summed E-state index contributed by atoms with van der Waals surface area (Å²) < 4.78 is 37.7. The van der Waals surface area contributed by atoms with Crippen molar-refractivity contribution in [1.82, 2.24) is 14.9 Å². The van der Waals surface area contributed by atoms with E-state index >= 15 is 0 Å². The lowest BCUT2D eigenvalue weighted by Gasteiger charge is -2.34. The summed E-state index contributed by atoms with van der Waals surface area (Å²) in [5.41, 5.74) is 0.992. The van der Waals surface area contributed by atoms with Gasteiger partial charge in [0, 0.05) is 13.1 Å². The van der Waals surface area contributed by atoms with Crippen LogP contribution in [0.4, 0.5) is 0 Å². The number of carbonyl (C=O) groups excluding carboxylic acids is 2. The maximum Gasteiger partial charge on any atom is 0.309 e. The Kier molecular flexibility index (Phi) is 8.02. The molecule has 1 aliphatic heterocycles. The van der Waals surface area contributed by atoms with E-state index in [1.165, 1.54) is 10.4 Å². The summed E-state index contributed by atoms with van der Waals surface area (Å²) >= 11 is 1.12. The molecule has 0 radical (unpaired) electrons. The smallest absolute Gasteiger partial charge is 0.309 e. The van der Waals surface area contributed by atoms with Gasteiger partial charge in [-0.1, -0.05) is 18.2 Å². The van der Waals surface area contributed by atoms with Crippen molar-refractivity contribution in [2.75, 3.05) is 33.4 Å². The minimum absolute atomic E-state index is 0.116. The molecule has 1 aliphatic rings.